The van der Waals surface area contributed by atoms with Crippen molar-refractivity contribution in [1.82, 2.24) is 0 Å². The van der Waals surface area contributed by atoms with Crippen LogP contribution in [0.2, 0.25) is 0 Å². The average molecular weight is 320 g/mol. The van der Waals surface area contributed by atoms with Crippen LogP contribution in [0, 0.1) is 0 Å². The first kappa shape index (κ1) is 15.9. The summed E-state index contributed by atoms with van der Waals surface area (Å²) in [4.78, 5) is 0. The molecule has 0 aliphatic carbocycles. The van der Waals surface area contributed by atoms with E-state index in [1.165, 1.54) is 15.9 Å². The quantitative estimate of drug-likeness (QED) is 0.717. The smallest absolute Gasteiger partial charge is 0.116 e. The molecule has 116 valence electrons. The van der Waals surface area contributed by atoms with E-state index in [1.807, 2.05) is 0 Å². The Hall–Kier alpha value is -1.95. The summed E-state index contributed by atoms with van der Waals surface area (Å²) < 4.78 is 0. The number of benzene rings is 3. The van der Waals surface area contributed by atoms with E-state index in [9.17, 15) is 0 Å². The minimum Gasteiger partial charge on any atom is -0.327 e. The van der Waals surface area contributed by atoms with Crippen LogP contribution in [0.1, 0.15) is 6.92 Å². The summed E-state index contributed by atoms with van der Waals surface area (Å²) in [5.74, 6) is 0. The second-order valence-electron chi connectivity index (χ2n) is 5.81. The molecule has 3 aromatic carbocycles. The van der Waals surface area contributed by atoms with E-state index in [4.69, 9.17) is 5.73 Å². The molecule has 0 aliphatic heterocycles. The number of hydrogen-bond donors (Lipinski definition) is 1. The van der Waals surface area contributed by atoms with Gasteiger partial charge in [-0.1, -0.05) is 54.6 Å². The summed E-state index contributed by atoms with van der Waals surface area (Å²) in [5.41, 5.74) is 6.58. The second-order valence-corrected chi connectivity index (χ2v) is 9.69. The lowest BCUT2D eigenvalue weighted by atomic mass is 10.3. The lowest BCUT2D eigenvalue weighted by Crippen LogP contribution is -2.40. The van der Waals surface area contributed by atoms with Crippen LogP contribution in [-0.4, -0.2) is 12.2 Å². The fraction of sp³-hybridized carbons (Fsp3) is 0.143. The van der Waals surface area contributed by atoms with Gasteiger partial charge in [0.1, 0.15) is 23.2 Å². The number of nitrogens with two attached hydrogens (primary N) is 1. The zero-order valence-corrected chi connectivity index (χ0v) is 14.4. The first-order chi connectivity index (χ1) is 11.3. The van der Waals surface area contributed by atoms with Crippen LogP contribution in [0.4, 0.5) is 0 Å². The molecule has 0 amide bonds. The van der Waals surface area contributed by atoms with Crippen LogP contribution in [-0.2, 0) is 0 Å². The third kappa shape index (κ3) is 2.83. The summed E-state index contributed by atoms with van der Waals surface area (Å²) in [5, 5.41) is 4.20. The highest BCUT2D eigenvalue weighted by Crippen LogP contribution is 2.59. The molecule has 3 aromatic rings. The van der Waals surface area contributed by atoms with Gasteiger partial charge in [0.25, 0.3) is 0 Å². The highest BCUT2D eigenvalue weighted by molar-refractivity contribution is 7.96. The van der Waals surface area contributed by atoms with Crippen molar-refractivity contribution in [2.24, 2.45) is 5.73 Å². The molecule has 1 nitrogen and oxygen atoms in total. The first-order valence-corrected chi connectivity index (χ1v) is 9.91. The van der Waals surface area contributed by atoms with Gasteiger partial charge in [-0.25, -0.2) is 0 Å². The Morgan fingerprint density at radius 2 is 0.957 bits per heavy atom. The fourth-order valence-electron chi connectivity index (χ4n) is 3.36. The molecule has 0 fully saturated rings. The van der Waals surface area contributed by atoms with Gasteiger partial charge in [0.05, 0.1) is 5.66 Å². The average Bonchev–Trinajstić information content (AvgIpc) is 2.65. The van der Waals surface area contributed by atoms with Crippen molar-refractivity contribution in [1.29, 1.82) is 0 Å². The van der Waals surface area contributed by atoms with Crippen molar-refractivity contribution in [3.8, 4) is 0 Å². The van der Waals surface area contributed by atoms with Crippen LogP contribution in [0.15, 0.2) is 91.0 Å². The standard InChI is InChI=1S/C21H23NP/c1-18(17-22)23(19-11-5-2-6-12-19,20-13-7-3-8-14-20)21-15-9-4-10-16-21/h2-16,18H,17,22H2,1H3/q+1. The van der Waals surface area contributed by atoms with E-state index in [2.05, 4.69) is 97.9 Å². The summed E-state index contributed by atoms with van der Waals surface area (Å²) in [7, 11) is -1.77. The third-order valence-electron chi connectivity index (χ3n) is 4.49. The first-order valence-electron chi connectivity index (χ1n) is 8.05. The molecule has 23 heavy (non-hydrogen) atoms. The van der Waals surface area contributed by atoms with Crippen LogP contribution in [0.5, 0.6) is 0 Å². The van der Waals surface area contributed by atoms with Gasteiger partial charge < -0.3 is 5.73 Å². The zero-order valence-electron chi connectivity index (χ0n) is 13.5. The van der Waals surface area contributed by atoms with E-state index in [1.54, 1.807) is 0 Å². The predicted octanol–water partition coefficient (Wildman–Crippen LogP) is 3.33. The van der Waals surface area contributed by atoms with Gasteiger partial charge in [0.15, 0.2) is 0 Å². The Balaban J connectivity index is 2.35. The molecule has 0 aliphatic rings. The minimum absolute atomic E-state index is 0.384. The van der Waals surface area contributed by atoms with Gasteiger partial charge in [-0.3, -0.25) is 0 Å². The van der Waals surface area contributed by atoms with Gasteiger partial charge in [-0.15, -0.1) is 0 Å². The second kappa shape index (κ2) is 7.08. The molecule has 2 heteroatoms. The number of hydrogen-bond acceptors (Lipinski definition) is 1. The fourth-order valence-corrected chi connectivity index (χ4v) is 8.02. The normalized spacial score (nSPS) is 12.8. The molecule has 0 heterocycles. The zero-order chi connectivity index (χ0) is 16.1. The van der Waals surface area contributed by atoms with E-state index in [0.717, 1.165) is 0 Å². The SMILES string of the molecule is CC(CN)[P+](c1ccccc1)(c1ccccc1)c1ccccc1. The van der Waals surface area contributed by atoms with Crippen molar-refractivity contribution in [3.05, 3.63) is 91.0 Å². The van der Waals surface area contributed by atoms with Crippen LogP contribution in [0.3, 0.4) is 0 Å². The molecular weight excluding hydrogens is 297 g/mol. The summed E-state index contributed by atoms with van der Waals surface area (Å²) in [6, 6.07) is 32.7. The van der Waals surface area contributed by atoms with Gasteiger partial charge >= 0.3 is 0 Å². The van der Waals surface area contributed by atoms with Gasteiger partial charge in [0, 0.05) is 6.54 Å². The monoisotopic (exact) mass is 320 g/mol. The Labute approximate surface area is 139 Å². The van der Waals surface area contributed by atoms with E-state index >= 15 is 0 Å². The van der Waals surface area contributed by atoms with Crippen molar-refractivity contribution < 1.29 is 0 Å². The Kier molecular flexibility index (Phi) is 4.91. The topological polar surface area (TPSA) is 26.0 Å². The van der Waals surface area contributed by atoms with Crippen LogP contribution >= 0.6 is 7.26 Å². The molecule has 3 rings (SSSR count). The highest BCUT2D eigenvalue weighted by atomic mass is 31.2. The molecule has 1 atom stereocenters. The molecular formula is C21H23NP+. The van der Waals surface area contributed by atoms with Crippen LogP contribution in [0.25, 0.3) is 0 Å². The molecule has 1 unspecified atom stereocenters. The van der Waals surface area contributed by atoms with Crippen molar-refractivity contribution in [2.75, 3.05) is 6.54 Å². The predicted molar refractivity (Wildman–Crippen MR) is 104 cm³/mol. The maximum absolute atomic E-state index is 6.20. The third-order valence-corrected chi connectivity index (χ3v) is 9.36. The molecule has 0 bridgehead atoms. The van der Waals surface area contributed by atoms with E-state index in [-0.39, 0.29) is 0 Å². The summed E-state index contributed by atoms with van der Waals surface area (Å²) in [6.07, 6.45) is 0. The highest BCUT2D eigenvalue weighted by Gasteiger charge is 2.49. The van der Waals surface area contributed by atoms with Crippen molar-refractivity contribution in [3.63, 3.8) is 0 Å². The largest absolute Gasteiger partial charge is 0.327 e. The van der Waals surface area contributed by atoms with Gasteiger partial charge in [0.2, 0.25) is 0 Å². The molecule has 2 N–H and O–H groups in total. The summed E-state index contributed by atoms with van der Waals surface area (Å²) in [6.45, 7) is 2.97. The Bertz CT molecular complexity index is 629. The summed E-state index contributed by atoms with van der Waals surface area (Å²) >= 11 is 0. The maximum atomic E-state index is 6.20. The molecule has 0 aromatic heterocycles. The van der Waals surface area contributed by atoms with E-state index in [0.29, 0.717) is 12.2 Å². The molecule has 0 saturated heterocycles. The lowest BCUT2D eigenvalue weighted by molar-refractivity contribution is 0.939. The number of rotatable bonds is 5. The van der Waals surface area contributed by atoms with Crippen molar-refractivity contribution >= 4 is 23.2 Å². The Morgan fingerprint density at radius 1 is 0.652 bits per heavy atom. The van der Waals surface area contributed by atoms with Crippen molar-refractivity contribution in [2.45, 2.75) is 12.6 Å². The molecule has 0 spiro atoms. The van der Waals surface area contributed by atoms with Gasteiger partial charge in [-0.2, -0.15) is 0 Å². The van der Waals surface area contributed by atoms with E-state index < -0.39 is 7.26 Å². The van der Waals surface area contributed by atoms with Gasteiger partial charge in [-0.05, 0) is 43.3 Å². The molecule has 0 radical (unpaired) electrons. The minimum atomic E-state index is -1.77. The maximum Gasteiger partial charge on any atom is 0.116 e. The lowest BCUT2D eigenvalue weighted by Gasteiger charge is -2.32. The molecule has 0 saturated carbocycles. The Morgan fingerprint density at radius 3 is 1.22 bits per heavy atom. The van der Waals surface area contributed by atoms with Crippen LogP contribution < -0.4 is 21.6 Å².